The molecule has 0 aliphatic heterocycles. The van der Waals surface area contributed by atoms with Gasteiger partial charge in [-0.3, -0.25) is 0 Å². The van der Waals surface area contributed by atoms with Gasteiger partial charge in [-0.25, -0.2) is 8.42 Å². The van der Waals surface area contributed by atoms with Crippen LogP contribution in [0.2, 0.25) is 0 Å². The third-order valence-corrected chi connectivity index (χ3v) is 6.98. The number of thioether (sulfide) groups is 1. The van der Waals surface area contributed by atoms with Crippen LogP contribution >= 0.6 is 27.7 Å². The zero-order chi connectivity index (χ0) is 16.0. The van der Waals surface area contributed by atoms with E-state index in [2.05, 4.69) is 21.2 Å². The fourth-order valence-corrected chi connectivity index (χ4v) is 5.54. The van der Waals surface area contributed by atoms with E-state index in [1.54, 1.807) is 24.9 Å². The monoisotopic (exact) mass is 394 g/mol. The minimum Gasteiger partial charge on any atom is -0.316 e. The minimum absolute atomic E-state index is 0.00823. The van der Waals surface area contributed by atoms with Gasteiger partial charge in [0.1, 0.15) is 0 Å². The second-order valence-electron chi connectivity index (χ2n) is 4.83. The number of nitrogens with zero attached hydrogens (tertiary/aromatic N) is 1. The molecule has 0 saturated carbocycles. The molecule has 7 heteroatoms. The number of hydrogen-bond acceptors (Lipinski definition) is 4. The van der Waals surface area contributed by atoms with E-state index in [0.717, 1.165) is 17.7 Å². The second-order valence-corrected chi connectivity index (χ2v) is 8.56. The van der Waals surface area contributed by atoms with Crippen LogP contribution in [0.5, 0.6) is 0 Å². The normalized spacial score (nSPS) is 13.6. The van der Waals surface area contributed by atoms with E-state index in [1.807, 2.05) is 32.4 Å². The van der Waals surface area contributed by atoms with Gasteiger partial charge in [0.15, 0.2) is 0 Å². The number of halogens is 1. The fraction of sp³-hybridized carbons (Fsp3) is 0.571. The quantitative estimate of drug-likeness (QED) is 0.736. The molecular formula is C14H23BrN2O2S2. The molecule has 0 aromatic heterocycles. The lowest BCUT2D eigenvalue weighted by atomic mass is 10.2. The summed E-state index contributed by atoms with van der Waals surface area (Å²) in [6.07, 6.45) is 2.79. The van der Waals surface area contributed by atoms with Crippen LogP contribution in [0, 0.1) is 0 Å². The van der Waals surface area contributed by atoms with Gasteiger partial charge in [-0.15, -0.1) is 0 Å². The molecule has 0 aliphatic rings. The highest BCUT2D eigenvalue weighted by atomic mass is 79.9. The van der Waals surface area contributed by atoms with Crippen LogP contribution in [-0.4, -0.2) is 44.9 Å². The van der Waals surface area contributed by atoms with Crippen LogP contribution < -0.4 is 5.32 Å². The zero-order valence-electron chi connectivity index (χ0n) is 12.9. The van der Waals surface area contributed by atoms with Crippen LogP contribution in [-0.2, 0) is 16.6 Å². The van der Waals surface area contributed by atoms with Crippen molar-refractivity contribution < 1.29 is 8.42 Å². The summed E-state index contributed by atoms with van der Waals surface area (Å²) in [7, 11) is 0.0399. The van der Waals surface area contributed by atoms with Gasteiger partial charge < -0.3 is 5.32 Å². The first kappa shape index (κ1) is 19.0. The molecule has 0 aliphatic carbocycles. The molecule has 0 heterocycles. The summed E-state index contributed by atoms with van der Waals surface area (Å²) >= 11 is 5.05. The second kappa shape index (κ2) is 8.53. The van der Waals surface area contributed by atoms with E-state index < -0.39 is 10.0 Å². The molecule has 1 unspecified atom stereocenters. The Balaban J connectivity index is 3.12. The highest BCUT2D eigenvalue weighted by Crippen LogP contribution is 2.27. The Labute approximate surface area is 140 Å². The minimum atomic E-state index is -3.48. The Hall–Kier alpha value is -0.0800. The molecule has 1 N–H and O–H groups in total. The summed E-state index contributed by atoms with van der Waals surface area (Å²) < 4.78 is 27.6. The number of sulfonamides is 1. The van der Waals surface area contributed by atoms with E-state index in [0.29, 0.717) is 15.9 Å². The van der Waals surface area contributed by atoms with Crippen molar-refractivity contribution in [3.8, 4) is 0 Å². The molecular weight excluding hydrogens is 372 g/mol. The van der Waals surface area contributed by atoms with Crippen LogP contribution in [0.4, 0.5) is 0 Å². The zero-order valence-corrected chi connectivity index (χ0v) is 16.1. The SMILES string of the molecule is CCC(CSC)N(C)S(=O)(=O)c1ccc(CNC)cc1Br. The summed E-state index contributed by atoms with van der Waals surface area (Å²) in [6.45, 7) is 2.72. The maximum Gasteiger partial charge on any atom is 0.244 e. The summed E-state index contributed by atoms with van der Waals surface area (Å²) in [4.78, 5) is 0.324. The van der Waals surface area contributed by atoms with Crippen molar-refractivity contribution in [2.45, 2.75) is 30.8 Å². The largest absolute Gasteiger partial charge is 0.316 e. The fourth-order valence-electron chi connectivity index (χ4n) is 2.09. The topological polar surface area (TPSA) is 49.4 Å². The molecule has 0 fully saturated rings. The van der Waals surface area contributed by atoms with E-state index in [-0.39, 0.29) is 6.04 Å². The van der Waals surface area contributed by atoms with Gasteiger partial charge in [-0.05, 0) is 53.4 Å². The highest BCUT2D eigenvalue weighted by Gasteiger charge is 2.28. The molecule has 1 rings (SSSR count). The molecule has 0 radical (unpaired) electrons. The van der Waals surface area contributed by atoms with Crippen molar-refractivity contribution in [2.24, 2.45) is 0 Å². The molecule has 1 aromatic carbocycles. The molecule has 21 heavy (non-hydrogen) atoms. The lowest BCUT2D eigenvalue weighted by molar-refractivity contribution is 0.385. The summed E-state index contributed by atoms with van der Waals surface area (Å²) in [5, 5.41) is 3.05. The predicted molar refractivity (Wildman–Crippen MR) is 94.3 cm³/mol. The van der Waals surface area contributed by atoms with Gasteiger partial charge in [0.05, 0.1) is 4.90 Å². The molecule has 0 spiro atoms. The lowest BCUT2D eigenvalue weighted by Gasteiger charge is -2.26. The average Bonchev–Trinajstić information content (AvgIpc) is 2.44. The third-order valence-electron chi connectivity index (χ3n) is 3.38. The van der Waals surface area contributed by atoms with Gasteiger partial charge in [-0.1, -0.05) is 13.0 Å². The molecule has 0 bridgehead atoms. The Kier molecular flexibility index (Phi) is 7.70. The van der Waals surface area contributed by atoms with Crippen LogP contribution in [0.15, 0.2) is 27.6 Å². The van der Waals surface area contributed by atoms with Gasteiger partial charge in [0.2, 0.25) is 10.0 Å². The van der Waals surface area contributed by atoms with Crippen molar-refractivity contribution in [1.82, 2.24) is 9.62 Å². The summed E-state index contributed by atoms with van der Waals surface area (Å²) in [5.74, 6) is 0.793. The van der Waals surface area contributed by atoms with Crippen molar-refractivity contribution in [1.29, 1.82) is 0 Å². The number of nitrogens with one attached hydrogen (secondary N) is 1. The van der Waals surface area contributed by atoms with Crippen molar-refractivity contribution in [3.63, 3.8) is 0 Å². The predicted octanol–water partition coefficient (Wildman–Crippen LogP) is 2.93. The van der Waals surface area contributed by atoms with Gasteiger partial charge in [0.25, 0.3) is 0 Å². The van der Waals surface area contributed by atoms with Crippen molar-refractivity contribution >= 4 is 37.7 Å². The molecule has 0 amide bonds. The number of hydrogen-bond donors (Lipinski definition) is 1. The highest BCUT2D eigenvalue weighted by molar-refractivity contribution is 9.10. The summed E-state index contributed by atoms with van der Waals surface area (Å²) in [5.41, 5.74) is 1.04. The Morgan fingerprint density at radius 2 is 2.10 bits per heavy atom. The molecule has 120 valence electrons. The maximum absolute atomic E-state index is 12.8. The van der Waals surface area contributed by atoms with Gasteiger partial charge in [-0.2, -0.15) is 16.1 Å². The Morgan fingerprint density at radius 1 is 1.43 bits per heavy atom. The van der Waals surface area contributed by atoms with Gasteiger partial charge >= 0.3 is 0 Å². The number of rotatable bonds is 8. The smallest absolute Gasteiger partial charge is 0.244 e. The first-order chi connectivity index (χ1) is 9.88. The number of benzene rings is 1. The standard InChI is InChI=1S/C14H23BrN2O2S2/c1-5-12(10-20-4)17(3)21(18,19)14-7-6-11(9-16-2)8-13(14)15/h6-8,12,16H,5,9-10H2,1-4H3. The van der Waals surface area contributed by atoms with Crippen LogP contribution in [0.3, 0.4) is 0 Å². The first-order valence-corrected chi connectivity index (χ1v) is 10.4. The van der Waals surface area contributed by atoms with Crippen molar-refractivity contribution in [3.05, 3.63) is 28.2 Å². The van der Waals surface area contributed by atoms with Crippen molar-refractivity contribution in [2.75, 3.05) is 26.1 Å². The molecule has 4 nitrogen and oxygen atoms in total. The molecule has 0 saturated heterocycles. The lowest BCUT2D eigenvalue weighted by Crippen LogP contribution is -2.38. The molecule has 1 aromatic rings. The van der Waals surface area contributed by atoms with Gasteiger partial charge in [0, 0.05) is 29.9 Å². The van der Waals surface area contributed by atoms with E-state index in [9.17, 15) is 8.42 Å². The maximum atomic E-state index is 12.8. The van der Waals surface area contributed by atoms with Crippen LogP contribution in [0.1, 0.15) is 18.9 Å². The molecule has 1 atom stereocenters. The van der Waals surface area contributed by atoms with E-state index >= 15 is 0 Å². The third kappa shape index (κ3) is 4.69. The summed E-state index contributed by atoms with van der Waals surface area (Å²) in [6, 6.07) is 5.38. The Bertz CT molecular complexity index is 564. The van der Waals surface area contributed by atoms with E-state index in [1.165, 1.54) is 4.31 Å². The van der Waals surface area contributed by atoms with E-state index in [4.69, 9.17) is 0 Å². The van der Waals surface area contributed by atoms with Crippen LogP contribution in [0.25, 0.3) is 0 Å². The first-order valence-electron chi connectivity index (χ1n) is 6.78. The Morgan fingerprint density at radius 3 is 2.57 bits per heavy atom. The average molecular weight is 395 g/mol.